The number of ether oxygens (including phenoxy) is 1. The third-order valence-corrected chi connectivity index (χ3v) is 4.68. The Hall–Kier alpha value is -1.87. The summed E-state index contributed by atoms with van der Waals surface area (Å²) in [5.41, 5.74) is 2.61. The monoisotopic (exact) mass is 339 g/mol. The molecule has 0 saturated carbocycles. The fourth-order valence-electron chi connectivity index (χ4n) is 3.50. The lowest BCUT2D eigenvalue weighted by atomic mass is 9.87. The first-order valence-electron chi connectivity index (χ1n) is 8.15. The second-order valence-corrected chi connectivity index (χ2v) is 6.38. The highest BCUT2D eigenvalue weighted by atomic mass is 35.5. The molecule has 24 heavy (non-hydrogen) atoms. The van der Waals surface area contributed by atoms with E-state index in [1.54, 1.807) is 0 Å². The number of benzene rings is 3. The second-order valence-electron chi connectivity index (χ2n) is 6.38. The molecule has 0 N–H and O–H groups in total. The highest BCUT2D eigenvalue weighted by molar-refractivity contribution is 5.85. The quantitative estimate of drug-likeness (QED) is 0.651. The summed E-state index contributed by atoms with van der Waals surface area (Å²) in [7, 11) is 2.12. The maximum absolute atomic E-state index is 6.18. The molecule has 0 aliphatic carbocycles. The molecule has 0 aromatic heterocycles. The lowest BCUT2D eigenvalue weighted by Gasteiger charge is -2.37. The van der Waals surface area contributed by atoms with Crippen LogP contribution < -0.4 is 0 Å². The van der Waals surface area contributed by atoms with Gasteiger partial charge >= 0.3 is 0 Å². The van der Waals surface area contributed by atoms with Gasteiger partial charge in [-0.2, -0.15) is 0 Å². The molecule has 1 aliphatic rings. The van der Waals surface area contributed by atoms with Crippen LogP contribution in [0.5, 0.6) is 0 Å². The molecule has 2 atom stereocenters. The first-order chi connectivity index (χ1) is 11.3. The minimum absolute atomic E-state index is 0. The summed E-state index contributed by atoms with van der Waals surface area (Å²) in [6.45, 7) is 1.70. The second kappa shape index (κ2) is 7.35. The molecular weight excluding hydrogens is 318 g/mol. The topological polar surface area (TPSA) is 12.5 Å². The van der Waals surface area contributed by atoms with Gasteiger partial charge in [0.2, 0.25) is 0 Å². The Morgan fingerprint density at radius 1 is 0.833 bits per heavy atom. The summed E-state index contributed by atoms with van der Waals surface area (Å²) in [4.78, 5) is 2.25. The predicted molar refractivity (Wildman–Crippen MR) is 102 cm³/mol. The third-order valence-electron chi connectivity index (χ3n) is 4.68. The normalized spacial score (nSPS) is 21.4. The number of fused-ring (bicyclic) bond motifs is 1. The van der Waals surface area contributed by atoms with Gasteiger partial charge in [0.25, 0.3) is 0 Å². The number of hydrogen-bond donors (Lipinski definition) is 0. The number of halogens is 1. The van der Waals surface area contributed by atoms with Gasteiger partial charge in [-0.15, -0.1) is 12.4 Å². The van der Waals surface area contributed by atoms with Gasteiger partial charge in [0, 0.05) is 12.5 Å². The first-order valence-corrected chi connectivity index (χ1v) is 8.15. The van der Waals surface area contributed by atoms with Crippen LogP contribution in [-0.4, -0.2) is 25.2 Å². The summed E-state index contributed by atoms with van der Waals surface area (Å²) in [5.74, 6) is 0.348. The van der Waals surface area contributed by atoms with Crippen LogP contribution in [0, 0.1) is 0 Å². The Morgan fingerprint density at radius 2 is 1.54 bits per heavy atom. The van der Waals surface area contributed by atoms with Gasteiger partial charge in [0.05, 0.1) is 12.8 Å². The van der Waals surface area contributed by atoms with Crippen LogP contribution in [0.3, 0.4) is 0 Å². The predicted octanol–water partition coefficient (Wildman–Crippen LogP) is 5.01. The summed E-state index contributed by atoms with van der Waals surface area (Å²) in [6.07, 6.45) is 0.119. The van der Waals surface area contributed by atoms with Gasteiger partial charge in [-0.25, -0.2) is 0 Å². The Balaban J connectivity index is 0.00000169. The van der Waals surface area contributed by atoms with Gasteiger partial charge in [-0.05, 0) is 28.9 Å². The summed E-state index contributed by atoms with van der Waals surface area (Å²) in [5, 5.41) is 2.59. The van der Waals surface area contributed by atoms with E-state index in [9.17, 15) is 0 Å². The molecule has 0 unspecified atom stereocenters. The lowest BCUT2D eigenvalue weighted by molar-refractivity contribution is -0.0739. The molecule has 3 aromatic carbocycles. The fourth-order valence-corrected chi connectivity index (χ4v) is 3.50. The van der Waals surface area contributed by atoms with Crippen LogP contribution in [0.2, 0.25) is 0 Å². The molecule has 0 spiro atoms. The minimum atomic E-state index is 0. The molecule has 3 heteroatoms. The molecular formula is C21H22ClNO. The van der Waals surface area contributed by atoms with Crippen molar-refractivity contribution in [2.45, 2.75) is 12.0 Å². The average Bonchev–Trinajstić information content (AvgIpc) is 2.62. The Labute approximate surface area is 149 Å². The Morgan fingerprint density at radius 3 is 2.33 bits per heavy atom. The van der Waals surface area contributed by atoms with Gasteiger partial charge in [0.1, 0.15) is 0 Å². The number of nitrogens with zero attached hydrogens (tertiary/aromatic N) is 1. The minimum Gasteiger partial charge on any atom is -0.357 e. The molecule has 0 amide bonds. The van der Waals surface area contributed by atoms with Crippen molar-refractivity contribution >= 4 is 23.2 Å². The van der Waals surface area contributed by atoms with Crippen molar-refractivity contribution in [2.75, 3.05) is 20.3 Å². The van der Waals surface area contributed by atoms with Gasteiger partial charge < -0.3 is 4.74 Å². The number of hydrogen-bond acceptors (Lipinski definition) is 2. The molecule has 1 fully saturated rings. The van der Waals surface area contributed by atoms with Crippen molar-refractivity contribution in [1.82, 2.24) is 4.90 Å². The smallest absolute Gasteiger partial charge is 0.0996 e. The maximum Gasteiger partial charge on any atom is 0.0996 e. The van der Waals surface area contributed by atoms with E-state index in [1.165, 1.54) is 21.9 Å². The molecule has 0 radical (unpaired) electrons. The van der Waals surface area contributed by atoms with Crippen LogP contribution in [0.25, 0.3) is 10.8 Å². The van der Waals surface area contributed by atoms with E-state index in [4.69, 9.17) is 4.74 Å². The van der Waals surface area contributed by atoms with E-state index in [-0.39, 0.29) is 18.5 Å². The van der Waals surface area contributed by atoms with E-state index < -0.39 is 0 Å². The van der Waals surface area contributed by atoms with Gasteiger partial charge in [-0.1, -0.05) is 72.8 Å². The highest BCUT2D eigenvalue weighted by Gasteiger charge is 2.31. The molecule has 4 rings (SSSR count). The summed E-state index contributed by atoms with van der Waals surface area (Å²) < 4.78 is 6.18. The van der Waals surface area contributed by atoms with E-state index in [1.807, 2.05) is 0 Å². The fraction of sp³-hybridized carbons (Fsp3) is 0.238. The van der Waals surface area contributed by atoms with E-state index in [0.29, 0.717) is 12.6 Å². The zero-order valence-corrected chi connectivity index (χ0v) is 14.6. The molecule has 1 heterocycles. The first kappa shape index (κ1) is 17.0. The van der Waals surface area contributed by atoms with Crippen LogP contribution >= 0.6 is 12.4 Å². The van der Waals surface area contributed by atoms with Crippen molar-refractivity contribution in [1.29, 1.82) is 0 Å². The molecule has 1 saturated heterocycles. The lowest BCUT2D eigenvalue weighted by Crippen LogP contribution is -2.37. The molecule has 3 aromatic rings. The molecule has 124 valence electrons. The Kier molecular flexibility index (Phi) is 5.20. The summed E-state index contributed by atoms with van der Waals surface area (Å²) >= 11 is 0. The molecule has 0 bridgehead atoms. The SMILES string of the molecule is CN1CO[C@H](c2ccccc2)[C@@H](c2ccc3ccccc3c2)C1.Cl. The number of rotatable bonds is 2. The molecule has 2 nitrogen and oxygen atoms in total. The van der Waals surface area contributed by atoms with Crippen molar-refractivity contribution in [3.05, 3.63) is 83.9 Å². The average molecular weight is 340 g/mol. The largest absolute Gasteiger partial charge is 0.357 e. The van der Waals surface area contributed by atoms with E-state index in [2.05, 4.69) is 84.7 Å². The van der Waals surface area contributed by atoms with Crippen LogP contribution in [0.1, 0.15) is 23.1 Å². The summed E-state index contributed by atoms with van der Waals surface area (Å²) in [6, 6.07) is 25.9. The van der Waals surface area contributed by atoms with Crippen molar-refractivity contribution < 1.29 is 4.74 Å². The molecule has 1 aliphatic heterocycles. The van der Waals surface area contributed by atoms with Crippen molar-refractivity contribution in [3.8, 4) is 0 Å². The Bertz CT molecular complexity index is 805. The highest BCUT2D eigenvalue weighted by Crippen LogP contribution is 2.38. The van der Waals surface area contributed by atoms with Crippen molar-refractivity contribution in [3.63, 3.8) is 0 Å². The van der Waals surface area contributed by atoms with Crippen LogP contribution in [0.15, 0.2) is 72.8 Å². The van der Waals surface area contributed by atoms with Gasteiger partial charge in [0.15, 0.2) is 0 Å². The number of likely N-dealkylation sites (N-methyl/N-ethyl adjacent to an activating group) is 1. The van der Waals surface area contributed by atoms with Gasteiger partial charge in [-0.3, -0.25) is 4.90 Å². The third kappa shape index (κ3) is 3.32. The van der Waals surface area contributed by atoms with E-state index in [0.717, 1.165) is 6.54 Å². The maximum atomic E-state index is 6.18. The zero-order chi connectivity index (χ0) is 15.6. The van der Waals surface area contributed by atoms with Crippen molar-refractivity contribution in [2.24, 2.45) is 0 Å². The van der Waals surface area contributed by atoms with Crippen LogP contribution in [0.4, 0.5) is 0 Å². The van der Waals surface area contributed by atoms with E-state index >= 15 is 0 Å². The van der Waals surface area contributed by atoms with Crippen LogP contribution in [-0.2, 0) is 4.74 Å². The standard InChI is InChI=1S/C21H21NO.ClH/c1-22-14-20(21(23-15-22)17-8-3-2-4-9-17)19-12-11-16-7-5-6-10-18(16)13-19;/h2-13,20-21H,14-15H2,1H3;1H/t20-,21-;/m1./s1. The zero-order valence-electron chi connectivity index (χ0n) is 13.8.